The summed E-state index contributed by atoms with van der Waals surface area (Å²) in [6.07, 6.45) is 16.5. The Morgan fingerprint density at radius 2 is 2.03 bits per heavy atom. The summed E-state index contributed by atoms with van der Waals surface area (Å²) in [7, 11) is 1.92. The minimum Gasteiger partial charge on any atom is -0.384 e. The molecule has 0 spiro atoms. The Hall–Kier alpha value is -1.49. The zero-order valence-electron chi connectivity index (χ0n) is 21.5. The van der Waals surface area contributed by atoms with Gasteiger partial charge in [0.1, 0.15) is 6.54 Å². The molecule has 0 N–H and O–H groups in total. The number of hydrogen-bond acceptors (Lipinski definition) is 4. The van der Waals surface area contributed by atoms with Gasteiger partial charge in [0.25, 0.3) is 0 Å². The summed E-state index contributed by atoms with van der Waals surface area (Å²) in [4.78, 5) is 18.2. The maximum absolute atomic E-state index is 13.7. The zero-order chi connectivity index (χ0) is 23.5. The van der Waals surface area contributed by atoms with Crippen molar-refractivity contribution in [2.45, 2.75) is 84.6 Å². The van der Waals surface area contributed by atoms with Crippen LogP contribution in [0.1, 0.15) is 82.9 Å². The van der Waals surface area contributed by atoms with E-state index in [0.717, 1.165) is 55.4 Å². The average molecular weight is 466 g/mol. The van der Waals surface area contributed by atoms with E-state index >= 15 is 0 Å². The molecule has 0 radical (unpaired) electrons. The molecule has 1 aromatic heterocycles. The first-order valence-corrected chi connectivity index (χ1v) is 14.0. The molecule has 0 aromatic carbocycles. The maximum Gasteiger partial charge on any atom is 0.157 e. The van der Waals surface area contributed by atoms with Crippen molar-refractivity contribution in [3.8, 4) is 0 Å². The molecular weight excluding hydrogens is 422 g/mol. The number of carbonyl (C=O) groups is 1. The minimum atomic E-state index is 0.155. The lowest BCUT2D eigenvalue weighted by Gasteiger charge is -2.61. The fourth-order valence-corrected chi connectivity index (χ4v) is 9.84. The number of fused-ring (bicyclic) bond motifs is 6. The number of ketones is 1. The first kappa shape index (κ1) is 22.9. The summed E-state index contributed by atoms with van der Waals surface area (Å²) in [5.74, 6) is 4.56. The van der Waals surface area contributed by atoms with Crippen LogP contribution in [-0.2, 0) is 22.5 Å². The Morgan fingerprint density at radius 3 is 2.88 bits per heavy atom. The van der Waals surface area contributed by atoms with E-state index in [2.05, 4.69) is 23.9 Å². The lowest BCUT2D eigenvalue weighted by Crippen LogP contribution is -2.56. The molecule has 5 heteroatoms. The SMILES string of the molecule is COCC12CCC(C)CC1CCC1C3CCC(C(=O)Cn4ncc5c4C=NCC5)C3(C)CCC12. The van der Waals surface area contributed by atoms with E-state index in [4.69, 9.17) is 4.74 Å². The van der Waals surface area contributed by atoms with Crippen molar-refractivity contribution in [2.75, 3.05) is 20.3 Å². The molecule has 4 saturated carbocycles. The predicted octanol–water partition coefficient (Wildman–Crippen LogP) is 5.35. The highest BCUT2D eigenvalue weighted by Crippen LogP contribution is 2.68. The molecule has 8 atom stereocenters. The third-order valence-corrected chi connectivity index (χ3v) is 11.4. The second-order valence-corrected chi connectivity index (χ2v) is 12.8. The molecule has 1 aliphatic heterocycles. The number of ether oxygens (including phenoxy) is 1. The fourth-order valence-electron chi connectivity index (χ4n) is 9.84. The molecule has 34 heavy (non-hydrogen) atoms. The Kier molecular flexibility index (Phi) is 5.78. The molecule has 0 bridgehead atoms. The largest absolute Gasteiger partial charge is 0.384 e. The topological polar surface area (TPSA) is 56.5 Å². The van der Waals surface area contributed by atoms with Crippen molar-refractivity contribution < 1.29 is 9.53 Å². The lowest BCUT2D eigenvalue weighted by molar-refractivity contribution is -0.154. The Labute approximate surface area is 205 Å². The van der Waals surface area contributed by atoms with Crippen LogP contribution in [-0.4, -0.2) is 42.0 Å². The number of nitrogens with zero attached hydrogens (tertiary/aromatic N) is 3. The second kappa shape index (κ2) is 8.57. The van der Waals surface area contributed by atoms with Gasteiger partial charge in [0.05, 0.1) is 18.5 Å². The third kappa shape index (κ3) is 3.39. The van der Waals surface area contributed by atoms with Crippen LogP contribution in [0.25, 0.3) is 0 Å². The Morgan fingerprint density at radius 1 is 1.15 bits per heavy atom. The van der Waals surface area contributed by atoms with Crippen LogP contribution in [0.15, 0.2) is 11.2 Å². The van der Waals surface area contributed by atoms with Gasteiger partial charge in [-0.05, 0) is 98.2 Å². The number of aromatic nitrogens is 2. The first-order chi connectivity index (χ1) is 16.5. The van der Waals surface area contributed by atoms with Gasteiger partial charge in [-0.2, -0.15) is 5.10 Å². The van der Waals surface area contributed by atoms with Gasteiger partial charge in [0.2, 0.25) is 0 Å². The highest BCUT2D eigenvalue weighted by Gasteiger charge is 2.62. The molecule has 186 valence electrons. The highest BCUT2D eigenvalue weighted by molar-refractivity contribution is 5.85. The molecule has 5 nitrogen and oxygen atoms in total. The molecular formula is C29H43N3O2. The lowest BCUT2D eigenvalue weighted by atomic mass is 9.44. The van der Waals surface area contributed by atoms with Gasteiger partial charge >= 0.3 is 0 Å². The van der Waals surface area contributed by atoms with Crippen molar-refractivity contribution in [2.24, 2.45) is 51.3 Å². The van der Waals surface area contributed by atoms with Crippen LogP contribution >= 0.6 is 0 Å². The Bertz CT molecular complexity index is 969. The monoisotopic (exact) mass is 465 g/mol. The van der Waals surface area contributed by atoms with Gasteiger partial charge < -0.3 is 4.74 Å². The molecule has 5 aliphatic rings. The Balaban J connectivity index is 1.22. The van der Waals surface area contributed by atoms with E-state index in [-0.39, 0.29) is 11.3 Å². The summed E-state index contributed by atoms with van der Waals surface area (Å²) in [6.45, 7) is 7.12. The van der Waals surface area contributed by atoms with E-state index < -0.39 is 0 Å². The van der Waals surface area contributed by atoms with Gasteiger partial charge in [-0.25, -0.2) is 0 Å². The highest BCUT2D eigenvalue weighted by atomic mass is 16.5. The molecule has 4 fully saturated rings. The number of rotatable bonds is 5. The van der Waals surface area contributed by atoms with Gasteiger partial charge in [0.15, 0.2) is 5.78 Å². The normalized spacial score (nSPS) is 43.0. The number of methoxy groups -OCH3 is 1. The van der Waals surface area contributed by atoms with Crippen molar-refractivity contribution in [1.82, 2.24) is 9.78 Å². The molecule has 2 heterocycles. The van der Waals surface area contributed by atoms with Crippen LogP contribution in [0.4, 0.5) is 0 Å². The fraction of sp³-hybridized carbons (Fsp3) is 0.828. The molecule has 8 unspecified atom stereocenters. The predicted molar refractivity (Wildman–Crippen MR) is 134 cm³/mol. The first-order valence-electron chi connectivity index (χ1n) is 14.0. The van der Waals surface area contributed by atoms with E-state index in [0.29, 0.717) is 23.7 Å². The average Bonchev–Trinajstić information content (AvgIpc) is 3.40. The van der Waals surface area contributed by atoms with Crippen LogP contribution in [0.2, 0.25) is 0 Å². The van der Waals surface area contributed by atoms with Gasteiger partial charge in [-0.3, -0.25) is 14.5 Å². The third-order valence-electron chi connectivity index (χ3n) is 11.4. The summed E-state index contributed by atoms with van der Waals surface area (Å²) in [5, 5.41) is 4.57. The molecule has 4 aliphatic carbocycles. The minimum absolute atomic E-state index is 0.155. The van der Waals surface area contributed by atoms with Crippen molar-refractivity contribution in [1.29, 1.82) is 0 Å². The smallest absolute Gasteiger partial charge is 0.157 e. The number of aliphatic imine (C=N–C) groups is 1. The van der Waals surface area contributed by atoms with E-state index in [1.807, 2.05) is 24.2 Å². The van der Waals surface area contributed by atoms with Crippen molar-refractivity contribution in [3.05, 3.63) is 17.5 Å². The summed E-state index contributed by atoms with van der Waals surface area (Å²) >= 11 is 0. The van der Waals surface area contributed by atoms with Crippen molar-refractivity contribution >= 4 is 12.0 Å². The molecule has 6 rings (SSSR count). The number of carbonyl (C=O) groups excluding carboxylic acids is 1. The number of Topliss-reactive ketones (excluding diaryl/α,β-unsaturated/α-hetero) is 1. The van der Waals surface area contributed by atoms with Gasteiger partial charge in [0, 0.05) is 31.4 Å². The van der Waals surface area contributed by atoms with E-state index in [1.54, 1.807) is 0 Å². The van der Waals surface area contributed by atoms with Gasteiger partial charge in [-0.15, -0.1) is 0 Å². The number of hydrogen-bond donors (Lipinski definition) is 0. The van der Waals surface area contributed by atoms with Crippen LogP contribution < -0.4 is 0 Å². The summed E-state index contributed by atoms with van der Waals surface area (Å²) < 4.78 is 7.87. The van der Waals surface area contributed by atoms with Crippen LogP contribution in [0.3, 0.4) is 0 Å². The summed E-state index contributed by atoms with van der Waals surface area (Å²) in [6, 6.07) is 0. The van der Waals surface area contributed by atoms with E-state index in [9.17, 15) is 4.79 Å². The second-order valence-electron chi connectivity index (χ2n) is 12.8. The summed E-state index contributed by atoms with van der Waals surface area (Å²) in [5.41, 5.74) is 2.83. The van der Waals surface area contributed by atoms with Gasteiger partial charge in [-0.1, -0.05) is 20.3 Å². The molecule has 1 aromatic rings. The maximum atomic E-state index is 13.7. The van der Waals surface area contributed by atoms with E-state index in [1.165, 1.54) is 56.9 Å². The van der Waals surface area contributed by atoms with Crippen molar-refractivity contribution in [3.63, 3.8) is 0 Å². The standard InChI is InChI=1S/C29H43N3O2/c1-19-8-12-29(18-34-3)21(14-19)4-5-22-23-6-7-25(28(23,2)11-9-24(22)29)27(33)17-32-26-16-30-13-10-20(26)15-31-32/h15-16,19,21-25H,4-14,17-18H2,1-3H3. The van der Waals surface area contributed by atoms with Crippen LogP contribution in [0, 0.1) is 46.3 Å². The molecule has 0 saturated heterocycles. The zero-order valence-corrected chi connectivity index (χ0v) is 21.5. The quantitative estimate of drug-likeness (QED) is 0.589. The molecule has 0 amide bonds. The van der Waals surface area contributed by atoms with Crippen LogP contribution in [0.5, 0.6) is 0 Å².